The van der Waals surface area contributed by atoms with Crippen LogP contribution in [-0.2, 0) is 24.4 Å². The van der Waals surface area contributed by atoms with Crippen LogP contribution in [0.2, 0.25) is 0 Å². The average molecular weight is 500 g/mol. The van der Waals surface area contributed by atoms with E-state index < -0.39 is 10.8 Å². The second-order valence-corrected chi connectivity index (χ2v) is 11.3. The molecule has 1 atom stereocenters. The van der Waals surface area contributed by atoms with Crippen molar-refractivity contribution in [2.45, 2.75) is 24.6 Å². The van der Waals surface area contributed by atoms with Crippen LogP contribution in [0, 0.1) is 0 Å². The summed E-state index contributed by atoms with van der Waals surface area (Å²) in [4.78, 5) is 26.1. The Labute approximate surface area is 211 Å². The highest BCUT2D eigenvalue weighted by atomic mass is 32.2. The number of nitrogens with zero attached hydrogens (tertiary/aromatic N) is 3. The Balaban J connectivity index is 1.39. The molecule has 3 aromatic heterocycles. The molecule has 0 spiro atoms. The van der Waals surface area contributed by atoms with Crippen LogP contribution >= 0.6 is 0 Å². The normalized spacial score (nSPS) is 16.2. The summed E-state index contributed by atoms with van der Waals surface area (Å²) in [5.74, 6) is 0. The van der Waals surface area contributed by atoms with Crippen molar-refractivity contribution >= 4 is 32.9 Å². The first kappa shape index (κ1) is 22.9. The largest absolute Gasteiger partial charge is 0.339 e. The summed E-state index contributed by atoms with van der Waals surface area (Å²) in [6.45, 7) is 2.88. The molecular weight excluding hydrogens is 470 g/mol. The van der Waals surface area contributed by atoms with E-state index in [-0.39, 0.29) is 5.69 Å². The molecule has 2 N–H and O–H groups in total. The highest BCUT2D eigenvalue weighted by Crippen LogP contribution is 2.40. The third-order valence-electron chi connectivity index (χ3n) is 7.42. The van der Waals surface area contributed by atoms with Crippen LogP contribution in [0.1, 0.15) is 18.4 Å². The van der Waals surface area contributed by atoms with Gasteiger partial charge in [-0.15, -0.1) is 0 Å². The van der Waals surface area contributed by atoms with E-state index in [2.05, 4.69) is 56.3 Å². The van der Waals surface area contributed by atoms with Crippen LogP contribution in [0.15, 0.2) is 65.6 Å². The fourth-order valence-electron chi connectivity index (χ4n) is 5.37. The monoisotopic (exact) mass is 499 g/mol. The van der Waals surface area contributed by atoms with Gasteiger partial charge in [-0.3, -0.25) is 13.7 Å². The number of H-pyrrole nitrogens is 2. The lowest BCUT2D eigenvalue weighted by atomic mass is 9.98. The SMILES string of the molecule is Cn1c(=O)[nH]c2c3c(-c4ccccc4)c(-c4ccc(CN5CCC(S(C)=O)CC5)cc4)[nH]c3ncc21. The molecule has 0 amide bonds. The number of nitrogens with one attached hydrogen (secondary N) is 2. The van der Waals surface area contributed by atoms with Gasteiger partial charge >= 0.3 is 5.69 Å². The molecule has 36 heavy (non-hydrogen) atoms. The van der Waals surface area contributed by atoms with E-state index in [9.17, 15) is 9.00 Å². The highest BCUT2D eigenvalue weighted by Gasteiger charge is 2.23. The number of aryl methyl sites for hydroxylation is 1. The predicted molar refractivity (Wildman–Crippen MR) is 146 cm³/mol. The molecule has 2 aromatic carbocycles. The second kappa shape index (κ2) is 9.19. The number of piperidine rings is 1. The molecule has 0 aliphatic carbocycles. The van der Waals surface area contributed by atoms with Gasteiger partial charge in [0.1, 0.15) is 5.65 Å². The summed E-state index contributed by atoms with van der Waals surface area (Å²) >= 11 is 0. The molecule has 1 fully saturated rings. The van der Waals surface area contributed by atoms with Gasteiger partial charge < -0.3 is 9.97 Å². The summed E-state index contributed by atoms with van der Waals surface area (Å²) in [6, 6.07) is 18.9. The van der Waals surface area contributed by atoms with E-state index >= 15 is 0 Å². The number of imidazole rings is 1. The van der Waals surface area contributed by atoms with Crippen molar-refractivity contribution in [1.82, 2.24) is 24.4 Å². The Morgan fingerprint density at radius 1 is 1.00 bits per heavy atom. The standard InChI is InChI=1S/C28H29N5O2S/c1-32-22-16-29-27-24(26(22)31-28(32)34)23(19-6-4-3-5-7-19)25(30-27)20-10-8-18(9-11-20)17-33-14-12-21(13-15-33)36(2)35/h3-11,16,21H,12-15,17H2,1-2H3,(H,29,30)(H,31,34). The number of aromatic nitrogens is 4. The molecule has 8 heteroatoms. The molecular formula is C28H29N5O2S. The lowest BCUT2D eigenvalue weighted by Gasteiger charge is -2.30. The maximum Gasteiger partial charge on any atom is 0.326 e. The first-order chi connectivity index (χ1) is 17.5. The number of aromatic amines is 2. The molecule has 0 bridgehead atoms. The Hall–Kier alpha value is -3.49. The maximum absolute atomic E-state index is 12.4. The fourth-order valence-corrected chi connectivity index (χ4v) is 6.25. The number of hydrogen-bond donors (Lipinski definition) is 2. The third-order valence-corrected chi connectivity index (χ3v) is 8.83. The molecule has 1 unspecified atom stereocenters. The molecule has 184 valence electrons. The van der Waals surface area contributed by atoms with Gasteiger partial charge in [-0.25, -0.2) is 9.78 Å². The quantitative estimate of drug-likeness (QED) is 0.375. The first-order valence-corrected chi connectivity index (χ1v) is 13.9. The Bertz CT molecular complexity index is 1620. The minimum Gasteiger partial charge on any atom is -0.339 e. The third kappa shape index (κ3) is 4.00. The summed E-state index contributed by atoms with van der Waals surface area (Å²) < 4.78 is 13.4. The van der Waals surface area contributed by atoms with Crippen molar-refractivity contribution < 1.29 is 4.21 Å². The lowest BCUT2D eigenvalue weighted by molar-refractivity contribution is 0.223. The van der Waals surface area contributed by atoms with E-state index in [0.29, 0.717) is 5.25 Å². The van der Waals surface area contributed by atoms with Crippen LogP contribution in [0.25, 0.3) is 44.5 Å². The van der Waals surface area contributed by atoms with E-state index in [1.165, 1.54) is 5.56 Å². The zero-order chi connectivity index (χ0) is 24.8. The smallest absolute Gasteiger partial charge is 0.326 e. The zero-order valence-electron chi connectivity index (χ0n) is 20.5. The summed E-state index contributed by atoms with van der Waals surface area (Å²) in [6.07, 6.45) is 5.56. The topological polar surface area (TPSA) is 86.8 Å². The summed E-state index contributed by atoms with van der Waals surface area (Å²) in [5.41, 5.74) is 7.59. The van der Waals surface area contributed by atoms with Crippen LogP contribution in [0.3, 0.4) is 0 Å². The number of hydrogen-bond acceptors (Lipinski definition) is 4. The van der Waals surface area contributed by atoms with E-state index in [4.69, 9.17) is 0 Å². The van der Waals surface area contributed by atoms with E-state index in [1.807, 2.05) is 24.5 Å². The molecule has 1 saturated heterocycles. The molecule has 0 radical (unpaired) electrons. The molecule has 0 saturated carbocycles. The molecule has 5 aromatic rings. The minimum absolute atomic E-state index is 0.153. The van der Waals surface area contributed by atoms with Crippen LogP contribution < -0.4 is 5.69 Å². The van der Waals surface area contributed by atoms with Crippen molar-refractivity contribution in [3.63, 3.8) is 0 Å². The van der Waals surface area contributed by atoms with Crippen LogP contribution in [0.5, 0.6) is 0 Å². The molecule has 6 rings (SSSR count). The van der Waals surface area contributed by atoms with Crippen LogP contribution in [0.4, 0.5) is 0 Å². The number of benzene rings is 2. The fraction of sp³-hybridized carbons (Fsp3) is 0.286. The van der Waals surface area contributed by atoms with Gasteiger partial charge in [0, 0.05) is 41.5 Å². The number of rotatable bonds is 5. The number of likely N-dealkylation sites (tertiary alicyclic amines) is 1. The predicted octanol–water partition coefficient (Wildman–Crippen LogP) is 4.42. The van der Waals surface area contributed by atoms with E-state index in [0.717, 1.165) is 76.9 Å². The highest BCUT2D eigenvalue weighted by molar-refractivity contribution is 7.84. The van der Waals surface area contributed by atoms with Crippen molar-refractivity contribution in [3.05, 3.63) is 76.8 Å². The van der Waals surface area contributed by atoms with Crippen molar-refractivity contribution in [1.29, 1.82) is 0 Å². The van der Waals surface area contributed by atoms with Gasteiger partial charge in [-0.2, -0.15) is 0 Å². The Kier molecular flexibility index (Phi) is 5.85. The molecule has 1 aliphatic heterocycles. The summed E-state index contributed by atoms with van der Waals surface area (Å²) in [5, 5.41) is 1.26. The number of fused-ring (bicyclic) bond motifs is 3. The van der Waals surface area contributed by atoms with Crippen LogP contribution in [-0.4, -0.2) is 53.2 Å². The van der Waals surface area contributed by atoms with Gasteiger partial charge in [0.15, 0.2) is 0 Å². The molecule has 4 heterocycles. The van der Waals surface area contributed by atoms with Gasteiger partial charge in [-0.05, 0) is 42.6 Å². The molecule has 1 aliphatic rings. The molecule has 7 nitrogen and oxygen atoms in total. The number of pyridine rings is 1. The van der Waals surface area contributed by atoms with E-state index in [1.54, 1.807) is 17.8 Å². The Morgan fingerprint density at radius 2 is 1.72 bits per heavy atom. The summed E-state index contributed by atoms with van der Waals surface area (Å²) in [7, 11) is 1.03. The first-order valence-electron chi connectivity index (χ1n) is 12.3. The van der Waals surface area contributed by atoms with Gasteiger partial charge in [0.25, 0.3) is 0 Å². The zero-order valence-corrected chi connectivity index (χ0v) is 21.3. The van der Waals surface area contributed by atoms with Crippen molar-refractivity contribution in [2.75, 3.05) is 19.3 Å². The average Bonchev–Trinajstić information content (AvgIpc) is 3.43. The second-order valence-electron chi connectivity index (χ2n) is 9.64. The van der Waals surface area contributed by atoms with Crippen molar-refractivity contribution in [2.24, 2.45) is 7.05 Å². The van der Waals surface area contributed by atoms with Gasteiger partial charge in [-0.1, -0.05) is 54.6 Å². The van der Waals surface area contributed by atoms with Gasteiger partial charge in [0.2, 0.25) is 0 Å². The lowest BCUT2D eigenvalue weighted by Crippen LogP contribution is -2.36. The minimum atomic E-state index is -0.728. The van der Waals surface area contributed by atoms with Gasteiger partial charge in [0.05, 0.1) is 28.3 Å². The Morgan fingerprint density at radius 3 is 2.42 bits per heavy atom. The van der Waals surface area contributed by atoms with Crippen molar-refractivity contribution in [3.8, 4) is 22.4 Å². The maximum atomic E-state index is 12.4.